The Morgan fingerprint density at radius 3 is 1.08 bits per heavy atom. The molecule has 0 radical (unpaired) electrons. The SMILES string of the molecule is CC(=O)CCCC(=O)Nc1ccc(C(C)(C(=O)Cc2cccc3cccnc23)C(=O)Nc2cccc3cccnc23)cc1.CC(=O)CCCC(=O)Nc1ccc(C(C)(C(=O)OC(C)(C)C)C(=O)OC(C)(C)C)cc1.CC(=O)CCCC(=O)Nc1ccc(C(C)C(=O)Cc2cccc3cccnc23)cc1.CC(=O)CCCCC(=O)c1ccc(CC(=O)Cc2cccc3cccnc23)cc1. The van der Waals surface area contributed by atoms with Crippen LogP contribution in [0.4, 0.5) is 22.7 Å². The van der Waals surface area contributed by atoms with E-state index in [1.54, 1.807) is 147 Å². The summed E-state index contributed by atoms with van der Waals surface area (Å²) in [4.78, 5) is 190. The van der Waals surface area contributed by atoms with Crippen molar-refractivity contribution in [2.75, 3.05) is 21.3 Å². The van der Waals surface area contributed by atoms with Crippen LogP contribution in [-0.2, 0) is 108 Å². The number of rotatable bonds is 38. The molecular formula is C109H118N8O16. The van der Waals surface area contributed by atoms with Crippen molar-refractivity contribution in [2.24, 2.45) is 0 Å². The molecule has 0 fully saturated rings. The zero-order chi connectivity index (χ0) is 96.6. The van der Waals surface area contributed by atoms with Crippen LogP contribution in [-0.4, -0.2) is 113 Å². The van der Waals surface area contributed by atoms with Gasteiger partial charge in [0.25, 0.3) is 0 Å². The largest absolute Gasteiger partial charge is 0.459 e. The third kappa shape index (κ3) is 31.1. The van der Waals surface area contributed by atoms with E-state index in [-0.39, 0.29) is 89.2 Å². The van der Waals surface area contributed by atoms with Crippen molar-refractivity contribution in [1.29, 1.82) is 0 Å². The first kappa shape index (κ1) is 102. The molecule has 0 spiro atoms. The number of benzene rings is 8. The van der Waals surface area contributed by atoms with E-state index < -0.39 is 39.9 Å². The van der Waals surface area contributed by atoms with Crippen LogP contribution in [0, 0.1) is 0 Å². The van der Waals surface area contributed by atoms with E-state index in [4.69, 9.17) is 9.47 Å². The van der Waals surface area contributed by atoms with Gasteiger partial charge in [-0.3, -0.25) is 67.9 Å². The number of hydrogen-bond acceptors (Lipinski definition) is 20. The van der Waals surface area contributed by atoms with E-state index in [1.807, 2.05) is 159 Å². The molecule has 4 amide bonds. The average molecular weight is 1800 g/mol. The quantitative estimate of drug-likeness (QED) is 0.0121. The topological polar surface area (TPSA) is 357 Å². The maximum atomic E-state index is 14.2. The van der Waals surface area contributed by atoms with Gasteiger partial charge in [-0.05, 0) is 221 Å². The highest BCUT2D eigenvalue weighted by atomic mass is 16.6. The molecule has 2 unspecified atom stereocenters. The van der Waals surface area contributed by atoms with E-state index in [2.05, 4.69) is 41.2 Å². The molecule has 133 heavy (non-hydrogen) atoms. The van der Waals surface area contributed by atoms with Gasteiger partial charge in [-0.25, -0.2) is 0 Å². The number of anilines is 4. The number of unbranched alkanes of at least 4 members (excludes halogenated alkanes) is 1. The van der Waals surface area contributed by atoms with Crippen LogP contribution >= 0.6 is 0 Å². The molecule has 4 aromatic heterocycles. The molecule has 0 aliphatic carbocycles. The van der Waals surface area contributed by atoms with Crippen LogP contribution in [0.2, 0.25) is 0 Å². The number of amides is 4. The van der Waals surface area contributed by atoms with Crippen molar-refractivity contribution in [3.8, 4) is 0 Å². The third-order valence-electron chi connectivity index (χ3n) is 22.1. The lowest BCUT2D eigenvalue weighted by atomic mass is 9.75. The fourth-order valence-corrected chi connectivity index (χ4v) is 14.7. The van der Waals surface area contributed by atoms with Crippen LogP contribution in [0.15, 0.2) is 243 Å². The lowest BCUT2D eigenvalue weighted by molar-refractivity contribution is -0.177. The summed E-state index contributed by atoms with van der Waals surface area (Å²) in [5.74, 6) is -2.38. The molecule has 12 aromatic rings. The lowest BCUT2D eigenvalue weighted by Gasteiger charge is -2.32. The average Bonchev–Trinajstić information content (AvgIpc) is 0.772. The molecule has 0 saturated heterocycles. The Morgan fingerprint density at radius 1 is 0.331 bits per heavy atom. The second kappa shape index (κ2) is 48.5. The predicted octanol–water partition coefficient (Wildman–Crippen LogP) is 20.3. The van der Waals surface area contributed by atoms with E-state index >= 15 is 0 Å². The fraction of sp³-hybridized carbons (Fsp3) is 0.321. The Kier molecular flexibility index (Phi) is 37.3. The molecule has 12 rings (SSSR count). The van der Waals surface area contributed by atoms with Gasteiger partial charge in [0.2, 0.25) is 23.6 Å². The van der Waals surface area contributed by atoms with Gasteiger partial charge in [0, 0.05) is 152 Å². The second-order valence-corrected chi connectivity index (χ2v) is 35.5. The zero-order valence-corrected chi connectivity index (χ0v) is 78.0. The summed E-state index contributed by atoms with van der Waals surface area (Å²) in [5, 5.41) is 15.2. The molecule has 24 nitrogen and oxygen atoms in total. The van der Waals surface area contributed by atoms with Gasteiger partial charge in [-0.15, -0.1) is 0 Å². The van der Waals surface area contributed by atoms with Crippen molar-refractivity contribution in [1.82, 2.24) is 19.9 Å². The molecule has 0 aliphatic heterocycles. The predicted molar refractivity (Wildman–Crippen MR) is 519 cm³/mol. The minimum atomic E-state index is -1.68. The maximum absolute atomic E-state index is 14.2. The number of carbonyl (C=O) groups is 14. The number of fused-ring (bicyclic) bond motifs is 4. The number of esters is 2. The number of ketones is 8. The summed E-state index contributed by atoms with van der Waals surface area (Å²) in [5.41, 5.74) is 6.40. The minimum Gasteiger partial charge on any atom is -0.459 e. The Hall–Kier alpha value is -14.4. The van der Waals surface area contributed by atoms with Crippen molar-refractivity contribution >= 4 is 148 Å². The number of ether oxygens (including phenoxy) is 2. The summed E-state index contributed by atoms with van der Waals surface area (Å²) < 4.78 is 11.0. The van der Waals surface area contributed by atoms with Gasteiger partial charge < -0.3 is 49.9 Å². The fourth-order valence-electron chi connectivity index (χ4n) is 14.7. The number of hydrogen-bond donors (Lipinski definition) is 4. The monoisotopic (exact) mass is 1790 g/mol. The normalized spacial score (nSPS) is 11.9. The summed E-state index contributed by atoms with van der Waals surface area (Å²) in [7, 11) is 0. The Morgan fingerprint density at radius 2 is 0.677 bits per heavy atom. The van der Waals surface area contributed by atoms with Crippen molar-refractivity contribution in [3.05, 3.63) is 288 Å². The van der Waals surface area contributed by atoms with Gasteiger partial charge in [0.05, 0.1) is 27.8 Å². The number of para-hydroxylation sites is 4. The highest BCUT2D eigenvalue weighted by Gasteiger charge is 2.49. The van der Waals surface area contributed by atoms with Crippen LogP contribution < -0.4 is 21.3 Å². The maximum Gasteiger partial charge on any atom is 0.328 e. The molecule has 4 N–H and O–H groups in total. The lowest BCUT2D eigenvalue weighted by Crippen LogP contribution is -2.48. The van der Waals surface area contributed by atoms with Gasteiger partial charge >= 0.3 is 11.9 Å². The van der Waals surface area contributed by atoms with Crippen LogP contribution in [0.5, 0.6) is 0 Å². The highest BCUT2D eigenvalue weighted by molar-refractivity contribution is 6.18. The summed E-state index contributed by atoms with van der Waals surface area (Å²) in [6, 6.07) is 66.0. The molecule has 8 aromatic carbocycles. The first-order chi connectivity index (χ1) is 63.3. The number of carbonyl (C=O) groups excluding carboxylic acids is 14. The molecule has 24 heteroatoms. The highest BCUT2D eigenvalue weighted by Crippen LogP contribution is 2.36. The summed E-state index contributed by atoms with van der Waals surface area (Å²) in [6.07, 6.45) is 13.6. The molecular weight excluding hydrogens is 1680 g/mol. The Bertz CT molecular complexity index is 6050. The minimum absolute atomic E-state index is 0.0132. The van der Waals surface area contributed by atoms with Crippen LogP contribution in [0.3, 0.4) is 0 Å². The zero-order valence-electron chi connectivity index (χ0n) is 78.0. The number of nitrogens with one attached hydrogen (secondary N) is 4. The summed E-state index contributed by atoms with van der Waals surface area (Å²) >= 11 is 0. The molecule has 4 heterocycles. The van der Waals surface area contributed by atoms with Gasteiger partial charge in [-0.2, -0.15) is 0 Å². The molecule has 690 valence electrons. The van der Waals surface area contributed by atoms with Crippen molar-refractivity contribution in [2.45, 2.75) is 227 Å². The van der Waals surface area contributed by atoms with Gasteiger partial charge in [0.15, 0.2) is 17.0 Å². The van der Waals surface area contributed by atoms with Crippen LogP contribution in [0.25, 0.3) is 43.6 Å². The number of aromatic nitrogens is 4. The molecule has 0 bridgehead atoms. The number of pyridine rings is 4. The Labute approximate surface area is 776 Å². The molecule has 0 saturated carbocycles. The third-order valence-corrected chi connectivity index (χ3v) is 22.1. The van der Waals surface area contributed by atoms with Crippen LogP contribution in [0.1, 0.15) is 229 Å². The van der Waals surface area contributed by atoms with E-state index in [1.165, 1.54) is 27.7 Å². The Balaban J connectivity index is 0.000000202. The smallest absolute Gasteiger partial charge is 0.328 e. The second-order valence-electron chi connectivity index (χ2n) is 35.5. The van der Waals surface area contributed by atoms with E-state index in [9.17, 15) is 67.1 Å². The summed E-state index contributed by atoms with van der Waals surface area (Å²) in [6.45, 7) is 21.4. The first-order valence-corrected chi connectivity index (χ1v) is 44.7. The number of nitrogens with zero attached hydrogens (tertiary/aromatic N) is 4. The molecule has 2 atom stereocenters. The standard InChI is InChI=1S/C35H32N4O4.C25H26N2O3.C25H25NO3.C24H35NO6/c1-23(40)8-3-15-31(42)38-28-18-16-27(17-19-28)35(2,30(41)22-26-11-4-9-24-12-6-20-36-32(24)26)34(43)39-29-14-5-10-25-13-7-21-37-33(25)29;1-17(28)6-3-10-24(30)27-22-13-11-19(12-14-22)18(2)23(29)16-21-8-4-7-20-9-5-15-26-25(20)21;1-18(27)6-2-3-10-24(29)20-13-11-19(12-14-20)16-23(28)17-22-8-4-7-21-9-5-15-26-25(21)22;1-16(26)10-9-11-19(27)25-18-14-12-17(13-15-18)24(8,20(28)30-22(2,3)4)21(29)31-23(5,6)7/h4-7,9-14,16-21H,3,8,15,22H2,1-2H3,(H,38,42)(H,39,43);4-5,7-9,11-15,18H,3,6,10,16H2,1-2H3,(H,27,30);4-5,7-9,11-15H,2-3,6,10,16-17H2,1H3;12-15H,9-11H2,1-8H3,(H,25,27). The first-order valence-electron chi connectivity index (χ1n) is 44.7. The number of Topliss-reactive ketones (excluding diaryl/α,β-unsaturated/α-hetero) is 8. The van der Waals surface area contributed by atoms with Gasteiger partial charge in [-0.1, -0.05) is 159 Å². The van der Waals surface area contributed by atoms with Gasteiger partial charge in [0.1, 0.15) is 51.3 Å². The van der Waals surface area contributed by atoms with Crippen molar-refractivity contribution < 1.29 is 76.6 Å². The van der Waals surface area contributed by atoms with E-state index in [0.29, 0.717) is 128 Å². The van der Waals surface area contributed by atoms with E-state index in [0.717, 1.165) is 73.2 Å². The van der Waals surface area contributed by atoms with Crippen molar-refractivity contribution in [3.63, 3.8) is 0 Å². The molecule has 0 aliphatic rings.